The van der Waals surface area contributed by atoms with Crippen LogP contribution < -0.4 is 14.2 Å². The van der Waals surface area contributed by atoms with Crippen LogP contribution in [-0.4, -0.2) is 65.7 Å². The Bertz CT molecular complexity index is 1850. The summed E-state index contributed by atoms with van der Waals surface area (Å²) in [5, 5.41) is 0.813. The van der Waals surface area contributed by atoms with Crippen molar-refractivity contribution in [2.75, 3.05) is 33.1 Å². The van der Waals surface area contributed by atoms with Crippen molar-refractivity contribution >= 4 is 39.3 Å². The summed E-state index contributed by atoms with van der Waals surface area (Å²) in [4.78, 5) is 44.7. The molecule has 0 radical (unpaired) electrons. The van der Waals surface area contributed by atoms with Gasteiger partial charge in [0.05, 0.1) is 30.7 Å². The van der Waals surface area contributed by atoms with Gasteiger partial charge in [-0.3, -0.25) is 24.3 Å². The summed E-state index contributed by atoms with van der Waals surface area (Å²) in [7, 11) is 3.49. The number of Topliss-reactive ketones (excluding diaryl/α,β-unsaturated/α-hetero) is 2. The zero-order chi connectivity index (χ0) is 33.8. The number of benzene rings is 3. The molecule has 1 aliphatic carbocycles. The lowest BCUT2D eigenvalue weighted by atomic mass is 9.88. The van der Waals surface area contributed by atoms with Gasteiger partial charge in [0.25, 0.3) is 0 Å². The predicted octanol–water partition coefficient (Wildman–Crippen LogP) is 6.75. The zero-order valence-electron chi connectivity index (χ0n) is 26.8. The van der Waals surface area contributed by atoms with Gasteiger partial charge in [-0.2, -0.15) is 0 Å². The summed E-state index contributed by atoms with van der Waals surface area (Å²) in [6, 6.07) is 15.1. The number of likely N-dealkylation sites (N-methyl/N-ethyl adjacent to an activating group) is 1. The number of hydrogen-bond acceptors (Lipinski definition) is 9. The van der Waals surface area contributed by atoms with Gasteiger partial charge in [-0.15, -0.1) is 0 Å². The largest absolute Gasteiger partial charge is 0.493 e. The maximum Gasteiger partial charge on any atom is 0.206 e. The quantitative estimate of drug-likeness (QED) is 0.100. The molecule has 2 aliphatic rings. The average Bonchev–Trinajstić information content (AvgIpc) is 3.79. The minimum Gasteiger partial charge on any atom is -0.493 e. The molecular formula is C37H36F2N2O6S. The highest BCUT2D eigenvalue weighted by molar-refractivity contribution is 8.14. The molecule has 11 heteroatoms. The van der Waals surface area contributed by atoms with E-state index in [0.29, 0.717) is 58.7 Å². The summed E-state index contributed by atoms with van der Waals surface area (Å²) < 4.78 is 46.2. The third kappa shape index (κ3) is 7.37. The Kier molecular flexibility index (Phi) is 10.1. The summed E-state index contributed by atoms with van der Waals surface area (Å²) in [5.41, 5.74) is 0.587. The van der Waals surface area contributed by atoms with E-state index in [1.54, 1.807) is 42.6 Å². The van der Waals surface area contributed by atoms with Crippen LogP contribution in [0, 0.1) is 17.0 Å². The number of methoxy groups -OCH3 is 1. The van der Waals surface area contributed by atoms with Crippen molar-refractivity contribution in [1.82, 2.24) is 9.88 Å². The van der Waals surface area contributed by atoms with Crippen LogP contribution in [-0.2, 0) is 27.2 Å². The van der Waals surface area contributed by atoms with Crippen LogP contribution in [0.1, 0.15) is 36.8 Å². The van der Waals surface area contributed by atoms with Gasteiger partial charge < -0.3 is 14.2 Å². The van der Waals surface area contributed by atoms with Gasteiger partial charge in [0.2, 0.25) is 5.12 Å². The number of carbonyl (C=O) groups is 3. The van der Waals surface area contributed by atoms with E-state index in [9.17, 15) is 18.8 Å². The van der Waals surface area contributed by atoms with Crippen LogP contribution in [0.25, 0.3) is 10.9 Å². The van der Waals surface area contributed by atoms with Crippen molar-refractivity contribution in [1.29, 1.82) is 0 Å². The molecule has 1 saturated heterocycles. The van der Waals surface area contributed by atoms with E-state index < -0.39 is 17.0 Å². The lowest BCUT2D eigenvalue weighted by Gasteiger charge is -2.22. The number of pyridine rings is 1. The molecule has 0 N–H and O–H groups in total. The van der Waals surface area contributed by atoms with Gasteiger partial charge in [-0.25, -0.2) is 8.78 Å². The molecule has 6 rings (SSSR count). The van der Waals surface area contributed by atoms with Gasteiger partial charge in [-0.1, -0.05) is 30.0 Å². The molecule has 3 aromatic carbocycles. The molecule has 250 valence electrons. The molecule has 0 amide bonds. The first-order chi connectivity index (χ1) is 23.2. The number of aromatic nitrogens is 1. The highest BCUT2D eigenvalue weighted by atomic mass is 32.2. The Labute approximate surface area is 281 Å². The lowest BCUT2D eigenvalue weighted by molar-refractivity contribution is -0.133. The Hall–Kier alpha value is -4.35. The van der Waals surface area contributed by atoms with Crippen LogP contribution in [0.5, 0.6) is 23.0 Å². The van der Waals surface area contributed by atoms with Gasteiger partial charge in [0.1, 0.15) is 11.6 Å². The van der Waals surface area contributed by atoms with E-state index in [2.05, 4.69) is 9.88 Å². The normalized spacial score (nSPS) is 16.7. The number of halogens is 2. The first kappa shape index (κ1) is 33.5. The number of fused-ring (bicyclic) bond motifs is 1. The molecule has 1 aliphatic heterocycles. The molecular weight excluding hydrogens is 638 g/mol. The van der Waals surface area contributed by atoms with Crippen LogP contribution >= 0.6 is 11.8 Å². The molecule has 0 spiro atoms. The van der Waals surface area contributed by atoms with Crippen LogP contribution in [0.15, 0.2) is 66.9 Å². The minimum atomic E-state index is -1.07. The Balaban J connectivity index is 1.09. The topological polar surface area (TPSA) is 95.0 Å². The fourth-order valence-corrected chi connectivity index (χ4v) is 7.06. The summed E-state index contributed by atoms with van der Waals surface area (Å²) in [6.45, 7) is 1.14. The van der Waals surface area contributed by atoms with Crippen LogP contribution in [0.4, 0.5) is 8.78 Å². The third-order valence-electron chi connectivity index (χ3n) is 9.02. The Morgan fingerprint density at radius 1 is 0.938 bits per heavy atom. The maximum absolute atomic E-state index is 15.3. The smallest absolute Gasteiger partial charge is 0.206 e. The molecule has 8 nitrogen and oxygen atoms in total. The molecule has 1 saturated carbocycles. The SMILES string of the molecule is COc1cc2c(Oc3ccc(CC(=O)C4(C(=O)Cc5ccc(F)cc5)CC4)cc3F)ccnc2cc1OCCCN(C)C1CCSC1=O. The number of hydrogen-bond donors (Lipinski definition) is 0. The molecule has 1 atom stereocenters. The molecule has 1 unspecified atom stereocenters. The van der Waals surface area contributed by atoms with E-state index in [1.165, 1.54) is 43.1 Å². The Morgan fingerprint density at radius 2 is 1.67 bits per heavy atom. The van der Waals surface area contributed by atoms with Crippen molar-refractivity contribution in [3.63, 3.8) is 0 Å². The van der Waals surface area contributed by atoms with E-state index in [-0.39, 0.29) is 41.3 Å². The van der Waals surface area contributed by atoms with Crippen LogP contribution in [0.3, 0.4) is 0 Å². The van der Waals surface area contributed by atoms with Crippen molar-refractivity contribution in [2.24, 2.45) is 5.41 Å². The molecule has 2 heterocycles. The average molecular weight is 675 g/mol. The second-order valence-electron chi connectivity index (χ2n) is 12.3. The lowest BCUT2D eigenvalue weighted by Crippen LogP contribution is -2.35. The van der Waals surface area contributed by atoms with E-state index >= 15 is 4.39 Å². The van der Waals surface area contributed by atoms with Gasteiger partial charge >= 0.3 is 0 Å². The van der Waals surface area contributed by atoms with Crippen molar-refractivity contribution in [3.05, 3.63) is 89.6 Å². The van der Waals surface area contributed by atoms with Gasteiger partial charge in [0.15, 0.2) is 34.6 Å². The number of thioether (sulfide) groups is 1. The van der Waals surface area contributed by atoms with Crippen molar-refractivity contribution < 1.29 is 37.4 Å². The highest BCUT2D eigenvalue weighted by Crippen LogP contribution is 2.49. The van der Waals surface area contributed by atoms with Gasteiger partial charge in [0, 0.05) is 42.8 Å². The van der Waals surface area contributed by atoms with E-state index in [4.69, 9.17) is 14.2 Å². The zero-order valence-corrected chi connectivity index (χ0v) is 27.6. The van der Waals surface area contributed by atoms with Crippen LogP contribution in [0.2, 0.25) is 0 Å². The standard InChI is InChI=1S/C37H36F2N2O6S/c1-41(29-11-17-48-36(29)44)15-3-16-46-33-22-28-26(21-32(33)45-2)30(10-14-40-28)47-31-9-6-24(18-27(31)39)20-35(43)37(12-13-37)34(42)19-23-4-7-25(38)8-5-23/h4-10,14,18,21-22,29H,3,11-13,15-17,19-20H2,1-2H3. The highest BCUT2D eigenvalue weighted by Gasteiger charge is 2.54. The number of ether oxygens (including phenoxy) is 3. The van der Waals surface area contributed by atoms with Crippen molar-refractivity contribution in [2.45, 2.75) is 44.6 Å². The maximum atomic E-state index is 15.3. The van der Waals surface area contributed by atoms with Gasteiger partial charge in [-0.05, 0) is 80.3 Å². The minimum absolute atomic E-state index is 0.0326. The number of nitrogens with zero attached hydrogens (tertiary/aromatic N) is 2. The molecule has 1 aromatic heterocycles. The second kappa shape index (κ2) is 14.4. The molecule has 4 aromatic rings. The fraction of sp³-hybridized carbons (Fsp3) is 0.351. The monoisotopic (exact) mass is 674 g/mol. The molecule has 2 fully saturated rings. The number of ketones is 2. The summed E-state index contributed by atoms with van der Waals surface area (Å²) in [6.07, 6.45) is 4.02. The summed E-state index contributed by atoms with van der Waals surface area (Å²) >= 11 is 1.39. The fourth-order valence-electron chi connectivity index (χ4n) is 6.03. The van der Waals surface area contributed by atoms with Crippen molar-refractivity contribution in [3.8, 4) is 23.0 Å². The Morgan fingerprint density at radius 3 is 2.33 bits per heavy atom. The second-order valence-corrected chi connectivity index (χ2v) is 13.4. The predicted molar refractivity (Wildman–Crippen MR) is 179 cm³/mol. The molecule has 48 heavy (non-hydrogen) atoms. The number of carbonyl (C=O) groups excluding carboxylic acids is 3. The van der Waals surface area contributed by atoms with E-state index in [0.717, 1.165) is 25.1 Å². The first-order valence-electron chi connectivity index (χ1n) is 15.9. The first-order valence-corrected chi connectivity index (χ1v) is 16.9. The molecule has 0 bridgehead atoms. The van der Waals surface area contributed by atoms with E-state index in [1.807, 2.05) is 7.05 Å². The summed E-state index contributed by atoms with van der Waals surface area (Å²) in [5.74, 6) is 0.678. The third-order valence-corrected chi connectivity index (χ3v) is 10.0. The number of rotatable bonds is 15.